The molecule has 162 valence electrons. The number of thioether (sulfide) groups is 1. The lowest BCUT2D eigenvalue weighted by atomic mass is 9.94. The number of aryl methyl sites for hydroxylation is 1. The number of rotatable bonds is 4. The second-order valence-electron chi connectivity index (χ2n) is 7.86. The van der Waals surface area contributed by atoms with E-state index < -0.39 is 0 Å². The van der Waals surface area contributed by atoms with Gasteiger partial charge in [0, 0.05) is 6.04 Å². The van der Waals surface area contributed by atoms with Gasteiger partial charge < -0.3 is 9.84 Å². The van der Waals surface area contributed by atoms with E-state index in [0.717, 1.165) is 31.4 Å². The number of hydrogen-bond donors (Lipinski definition) is 1. The maximum atomic E-state index is 13.4. The first-order valence-corrected chi connectivity index (χ1v) is 11.6. The molecule has 2 aliphatic rings. The number of ether oxygens (including phenoxy) is 1. The van der Waals surface area contributed by atoms with Crippen molar-refractivity contribution < 1.29 is 14.6 Å². The molecule has 0 spiro atoms. The molecule has 2 aromatic carbocycles. The number of phenolic OH excluding ortho intramolecular Hbond substituents is 1. The highest BCUT2D eigenvalue weighted by Gasteiger charge is 2.38. The fraction of sp³-hybridized carbons (Fsp3) is 0.333. The number of methoxy groups -OCH3 is 1. The van der Waals surface area contributed by atoms with Gasteiger partial charge in [0.2, 0.25) is 0 Å². The summed E-state index contributed by atoms with van der Waals surface area (Å²) in [7, 11) is 1.47. The SMILES string of the molecule is COc1cc(/C=C2/SC(=Nc3ccc(C)cc3)N(C3CCCCC3)C2=O)cc(Cl)c1O. The van der Waals surface area contributed by atoms with Crippen LogP contribution in [0.15, 0.2) is 46.3 Å². The summed E-state index contributed by atoms with van der Waals surface area (Å²) in [5, 5.41) is 10.9. The number of hydrogen-bond acceptors (Lipinski definition) is 5. The van der Waals surface area contributed by atoms with Crippen LogP contribution in [0.3, 0.4) is 0 Å². The van der Waals surface area contributed by atoms with Gasteiger partial charge in [-0.05, 0) is 67.4 Å². The van der Waals surface area contributed by atoms with E-state index in [-0.39, 0.29) is 28.5 Å². The van der Waals surface area contributed by atoms with Gasteiger partial charge in [-0.1, -0.05) is 48.6 Å². The molecule has 1 saturated heterocycles. The lowest BCUT2D eigenvalue weighted by molar-refractivity contribution is -0.124. The number of halogens is 1. The number of carbonyl (C=O) groups excluding carboxylic acids is 1. The van der Waals surface area contributed by atoms with E-state index in [1.54, 1.807) is 18.2 Å². The van der Waals surface area contributed by atoms with Crippen LogP contribution in [0.4, 0.5) is 5.69 Å². The minimum Gasteiger partial charge on any atom is -0.503 e. The van der Waals surface area contributed by atoms with Crippen molar-refractivity contribution in [1.82, 2.24) is 4.90 Å². The zero-order valence-corrected chi connectivity index (χ0v) is 19.2. The van der Waals surface area contributed by atoms with Gasteiger partial charge in [0.05, 0.1) is 22.7 Å². The monoisotopic (exact) mass is 456 g/mol. The maximum absolute atomic E-state index is 13.4. The first kappa shape index (κ1) is 21.8. The van der Waals surface area contributed by atoms with Crippen molar-refractivity contribution in [2.45, 2.75) is 45.1 Å². The lowest BCUT2D eigenvalue weighted by Gasteiger charge is -2.30. The van der Waals surface area contributed by atoms with E-state index in [1.165, 1.54) is 30.9 Å². The minimum absolute atomic E-state index is 0.0362. The smallest absolute Gasteiger partial charge is 0.267 e. The van der Waals surface area contributed by atoms with Crippen molar-refractivity contribution in [3.8, 4) is 11.5 Å². The quantitative estimate of drug-likeness (QED) is 0.548. The van der Waals surface area contributed by atoms with Gasteiger partial charge in [-0.15, -0.1) is 0 Å². The van der Waals surface area contributed by atoms with Crippen LogP contribution in [-0.2, 0) is 4.79 Å². The van der Waals surface area contributed by atoms with Crippen LogP contribution in [0.5, 0.6) is 11.5 Å². The molecular weight excluding hydrogens is 432 g/mol. The van der Waals surface area contributed by atoms with Gasteiger partial charge in [-0.25, -0.2) is 4.99 Å². The third kappa shape index (κ3) is 4.75. The number of benzene rings is 2. The zero-order chi connectivity index (χ0) is 22.0. The number of nitrogens with zero attached hydrogens (tertiary/aromatic N) is 2. The number of aromatic hydroxyl groups is 1. The maximum Gasteiger partial charge on any atom is 0.267 e. The first-order valence-electron chi connectivity index (χ1n) is 10.4. The molecule has 5 nitrogen and oxygen atoms in total. The Kier molecular flexibility index (Phi) is 6.58. The summed E-state index contributed by atoms with van der Waals surface area (Å²) in [6.07, 6.45) is 7.23. The fourth-order valence-electron chi connectivity index (χ4n) is 3.94. The Balaban J connectivity index is 1.72. The molecule has 1 heterocycles. The highest BCUT2D eigenvalue weighted by Crippen LogP contribution is 2.40. The third-order valence-corrected chi connectivity index (χ3v) is 6.87. The summed E-state index contributed by atoms with van der Waals surface area (Å²) in [6.45, 7) is 2.04. The number of phenols is 1. The fourth-order valence-corrected chi connectivity index (χ4v) is 5.22. The largest absolute Gasteiger partial charge is 0.503 e. The Hall–Kier alpha value is -2.44. The van der Waals surface area contributed by atoms with Crippen molar-refractivity contribution >= 4 is 46.2 Å². The van der Waals surface area contributed by atoms with Crippen LogP contribution in [0.1, 0.15) is 43.2 Å². The van der Waals surface area contributed by atoms with Gasteiger partial charge >= 0.3 is 0 Å². The van der Waals surface area contributed by atoms with E-state index in [2.05, 4.69) is 0 Å². The molecule has 0 unspecified atom stereocenters. The Morgan fingerprint density at radius 3 is 2.58 bits per heavy atom. The van der Waals surface area contributed by atoms with Gasteiger partial charge in [-0.3, -0.25) is 9.69 Å². The van der Waals surface area contributed by atoms with Crippen LogP contribution in [-0.4, -0.2) is 34.2 Å². The lowest BCUT2D eigenvalue weighted by Crippen LogP contribution is -2.40. The molecule has 4 rings (SSSR count). The average Bonchev–Trinajstić information content (AvgIpc) is 3.07. The van der Waals surface area contributed by atoms with Crippen LogP contribution in [0, 0.1) is 6.92 Å². The summed E-state index contributed by atoms with van der Waals surface area (Å²) in [4.78, 5) is 20.7. The molecule has 1 aliphatic carbocycles. The van der Waals surface area contributed by atoms with E-state index in [1.807, 2.05) is 36.1 Å². The second-order valence-corrected chi connectivity index (χ2v) is 9.28. The van der Waals surface area contributed by atoms with Gasteiger partial charge in [0.25, 0.3) is 5.91 Å². The Morgan fingerprint density at radius 2 is 1.90 bits per heavy atom. The molecule has 1 amide bonds. The summed E-state index contributed by atoms with van der Waals surface area (Å²) < 4.78 is 5.19. The highest BCUT2D eigenvalue weighted by molar-refractivity contribution is 8.18. The van der Waals surface area contributed by atoms with Crippen molar-refractivity contribution in [1.29, 1.82) is 0 Å². The van der Waals surface area contributed by atoms with Crippen molar-refractivity contribution in [3.05, 3.63) is 57.5 Å². The number of carbonyl (C=O) groups is 1. The second kappa shape index (κ2) is 9.37. The number of amides is 1. The van der Waals surface area contributed by atoms with Crippen LogP contribution in [0.2, 0.25) is 5.02 Å². The topological polar surface area (TPSA) is 62.1 Å². The molecule has 31 heavy (non-hydrogen) atoms. The van der Waals surface area contributed by atoms with E-state index in [4.69, 9.17) is 21.3 Å². The molecular formula is C24H25ClN2O3S. The molecule has 0 atom stereocenters. The molecule has 1 saturated carbocycles. The predicted molar refractivity (Wildman–Crippen MR) is 127 cm³/mol. The molecule has 0 radical (unpaired) electrons. The third-order valence-electron chi connectivity index (χ3n) is 5.60. The van der Waals surface area contributed by atoms with Crippen LogP contribution in [0.25, 0.3) is 6.08 Å². The standard InChI is InChI=1S/C24H25ClN2O3S/c1-15-8-10-17(11-9-15)26-24-27(18-6-4-3-5-7-18)23(29)21(31-24)14-16-12-19(25)22(28)20(13-16)30-2/h8-14,18,28H,3-7H2,1-2H3/b21-14+,26-24?. The number of amidine groups is 1. The Morgan fingerprint density at radius 1 is 1.19 bits per heavy atom. The molecule has 0 bridgehead atoms. The van der Waals surface area contributed by atoms with Crippen molar-refractivity contribution in [2.75, 3.05) is 7.11 Å². The van der Waals surface area contributed by atoms with Gasteiger partial charge in [0.1, 0.15) is 0 Å². The Labute approximate surface area is 191 Å². The summed E-state index contributed by atoms with van der Waals surface area (Å²) in [5.41, 5.74) is 2.69. The molecule has 1 N–H and O–H groups in total. The molecule has 2 aromatic rings. The highest BCUT2D eigenvalue weighted by atomic mass is 35.5. The molecule has 7 heteroatoms. The van der Waals surface area contributed by atoms with Crippen LogP contribution >= 0.6 is 23.4 Å². The number of aliphatic imine (C=N–C) groups is 1. The van der Waals surface area contributed by atoms with E-state index >= 15 is 0 Å². The van der Waals surface area contributed by atoms with Gasteiger partial charge in [0.15, 0.2) is 16.7 Å². The summed E-state index contributed by atoms with van der Waals surface area (Å²) in [6, 6.07) is 11.4. The summed E-state index contributed by atoms with van der Waals surface area (Å²) >= 11 is 7.51. The summed E-state index contributed by atoms with van der Waals surface area (Å²) in [5.74, 6) is 0.126. The average molecular weight is 457 g/mol. The Bertz CT molecular complexity index is 1040. The predicted octanol–water partition coefficient (Wildman–Crippen LogP) is 6.30. The molecule has 0 aromatic heterocycles. The zero-order valence-electron chi connectivity index (χ0n) is 17.6. The molecule has 1 aliphatic heterocycles. The molecule has 2 fully saturated rings. The van der Waals surface area contributed by atoms with Gasteiger partial charge in [-0.2, -0.15) is 0 Å². The van der Waals surface area contributed by atoms with E-state index in [0.29, 0.717) is 15.6 Å². The first-order chi connectivity index (χ1) is 15.0. The van der Waals surface area contributed by atoms with Crippen molar-refractivity contribution in [2.24, 2.45) is 4.99 Å². The minimum atomic E-state index is -0.109. The van der Waals surface area contributed by atoms with Crippen LogP contribution < -0.4 is 4.74 Å². The van der Waals surface area contributed by atoms with Crippen molar-refractivity contribution in [3.63, 3.8) is 0 Å². The van der Waals surface area contributed by atoms with E-state index in [9.17, 15) is 9.90 Å². The normalized spacial score (nSPS) is 20.1.